The molecule has 0 spiro atoms. The predicted molar refractivity (Wildman–Crippen MR) is 122 cm³/mol. The molecule has 1 saturated heterocycles. The topological polar surface area (TPSA) is 59.1 Å². The van der Waals surface area contributed by atoms with Crippen LogP contribution in [0.2, 0.25) is 0 Å². The molecule has 0 bridgehead atoms. The smallest absolute Gasteiger partial charge is 0.189 e. The van der Waals surface area contributed by atoms with E-state index in [1.807, 2.05) is 49.5 Å². The van der Waals surface area contributed by atoms with Crippen LogP contribution in [-0.2, 0) is 21.0 Å². The molecule has 1 N–H and O–H groups in total. The van der Waals surface area contributed by atoms with E-state index in [4.69, 9.17) is 0 Å². The first kappa shape index (κ1) is 21.0. The van der Waals surface area contributed by atoms with E-state index in [2.05, 4.69) is 16.4 Å². The molecule has 6 heteroatoms. The second-order valence-electron chi connectivity index (χ2n) is 8.11. The van der Waals surface area contributed by atoms with Crippen LogP contribution in [0.25, 0.3) is 11.1 Å². The highest BCUT2D eigenvalue weighted by molar-refractivity contribution is 7.92. The lowest BCUT2D eigenvalue weighted by Gasteiger charge is -2.40. The highest BCUT2D eigenvalue weighted by Gasteiger charge is 2.56. The maximum Gasteiger partial charge on any atom is 0.189 e. The zero-order valence-electron chi connectivity index (χ0n) is 16.8. The number of aromatic nitrogens is 1. The first-order valence-corrected chi connectivity index (χ1v) is 11.6. The Morgan fingerprint density at radius 3 is 2.60 bits per heavy atom. The number of halogens is 1. The van der Waals surface area contributed by atoms with Crippen LogP contribution < -0.4 is 5.32 Å². The minimum absolute atomic E-state index is 0. The van der Waals surface area contributed by atoms with Crippen LogP contribution in [0.15, 0.2) is 71.9 Å². The molecule has 2 aliphatic rings. The van der Waals surface area contributed by atoms with E-state index < -0.39 is 14.6 Å². The van der Waals surface area contributed by atoms with Crippen molar-refractivity contribution in [3.63, 3.8) is 0 Å². The summed E-state index contributed by atoms with van der Waals surface area (Å²) in [6.07, 6.45) is 5.93. The Kier molecular flexibility index (Phi) is 5.47. The van der Waals surface area contributed by atoms with E-state index in [1.165, 1.54) is 0 Å². The quantitative estimate of drug-likeness (QED) is 0.653. The first-order valence-electron chi connectivity index (χ1n) is 10.1. The van der Waals surface area contributed by atoms with Crippen LogP contribution in [0, 0.1) is 6.92 Å². The van der Waals surface area contributed by atoms with Gasteiger partial charge in [-0.25, -0.2) is 8.42 Å². The largest absolute Gasteiger partial charge is 0.312 e. The Morgan fingerprint density at radius 1 is 1.07 bits per heavy atom. The number of nitrogens with zero attached hydrogens (tertiary/aromatic N) is 1. The van der Waals surface area contributed by atoms with Crippen LogP contribution in [-0.4, -0.2) is 26.0 Å². The number of rotatable bonds is 3. The number of fused-ring (bicyclic) bond motifs is 3. The molecule has 1 aliphatic heterocycles. The fourth-order valence-electron chi connectivity index (χ4n) is 5.05. The summed E-state index contributed by atoms with van der Waals surface area (Å²) >= 11 is 0. The molecular formula is C24H25ClN2O2S. The van der Waals surface area contributed by atoms with Crippen molar-refractivity contribution in [3.05, 3.63) is 83.7 Å². The summed E-state index contributed by atoms with van der Waals surface area (Å²) in [5, 5.41) is 3.48. The van der Waals surface area contributed by atoms with Crippen molar-refractivity contribution in [1.29, 1.82) is 0 Å². The van der Waals surface area contributed by atoms with Gasteiger partial charge in [-0.3, -0.25) is 4.98 Å². The summed E-state index contributed by atoms with van der Waals surface area (Å²) in [6.45, 7) is 2.70. The van der Waals surface area contributed by atoms with Gasteiger partial charge in [-0.2, -0.15) is 0 Å². The van der Waals surface area contributed by atoms with E-state index in [0.717, 1.165) is 47.2 Å². The van der Waals surface area contributed by atoms with Gasteiger partial charge in [-0.1, -0.05) is 42.0 Å². The first-order chi connectivity index (χ1) is 14.0. The molecule has 1 aromatic heterocycles. The molecule has 0 amide bonds. The van der Waals surface area contributed by atoms with E-state index in [9.17, 15) is 8.42 Å². The lowest BCUT2D eigenvalue weighted by Crippen LogP contribution is -2.49. The third-order valence-electron chi connectivity index (χ3n) is 6.52. The van der Waals surface area contributed by atoms with Crippen LogP contribution in [0.4, 0.5) is 0 Å². The molecule has 2 aromatic carbocycles. The van der Waals surface area contributed by atoms with Gasteiger partial charge in [0.15, 0.2) is 9.84 Å². The molecule has 0 saturated carbocycles. The number of sulfone groups is 1. The average molecular weight is 441 g/mol. The van der Waals surface area contributed by atoms with E-state index in [1.54, 1.807) is 18.3 Å². The van der Waals surface area contributed by atoms with E-state index >= 15 is 0 Å². The Morgan fingerprint density at radius 2 is 1.87 bits per heavy atom. The van der Waals surface area contributed by atoms with Crippen molar-refractivity contribution < 1.29 is 8.42 Å². The highest BCUT2D eigenvalue weighted by atomic mass is 35.5. The minimum atomic E-state index is -3.54. The Hall–Kier alpha value is -2.21. The van der Waals surface area contributed by atoms with Gasteiger partial charge in [0.1, 0.15) is 4.75 Å². The Labute approximate surface area is 184 Å². The lowest BCUT2D eigenvalue weighted by molar-refractivity contribution is 0.416. The summed E-state index contributed by atoms with van der Waals surface area (Å²) < 4.78 is 27.0. The van der Waals surface area contributed by atoms with Gasteiger partial charge in [0.25, 0.3) is 0 Å². The van der Waals surface area contributed by atoms with Gasteiger partial charge in [-0.05, 0) is 73.2 Å². The molecule has 3 aromatic rings. The van der Waals surface area contributed by atoms with Crippen LogP contribution >= 0.6 is 12.4 Å². The molecule has 4 nitrogen and oxygen atoms in total. The summed E-state index contributed by atoms with van der Waals surface area (Å²) in [4.78, 5) is 4.64. The second-order valence-corrected chi connectivity index (χ2v) is 10.3. The summed E-state index contributed by atoms with van der Waals surface area (Å²) in [7, 11) is -3.54. The third-order valence-corrected chi connectivity index (χ3v) is 9.08. The SMILES string of the molecule is Cc1ccc(S(=O)(=O)C23CCNC2CCc2cc(-c4cccnc4)ccc23)cc1.Cl. The maximum atomic E-state index is 14.0. The van der Waals surface area contributed by atoms with Gasteiger partial charge in [0, 0.05) is 18.4 Å². The molecule has 30 heavy (non-hydrogen) atoms. The summed E-state index contributed by atoms with van der Waals surface area (Å²) in [5.41, 5.74) is 5.31. The van der Waals surface area contributed by atoms with Crippen molar-refractivity contribution in [2.75, 3.05) is 6.54 Å². The number of nitrogens with one attached hydrogen (secondary N) is 1. The number of aryl methyl sites for hydroxylation is 2. The lowest BCUT2D eigenvalue weighted by atomic mass is 9.78. The van der Waals surface area contributed by atoms with Gasteiger partial charge < -0.3 is 5.32 Å². The molecule has 1 fully saturated rings. The van der Waals surface area contributed by atoms with E-state index in [0.29, 0.717) is 11.3 Å². The van der Waals surface area contributed by atoms with Crippen molar-refractivity contribution in [2.24, 2.45) is 0 Å². The van der Waals surface area contributed by atoms with Crippen molar-refractivity contribution in [2.45, 2.75) is 41.9 Å². The predicted octanol–water partition coefficient (Wildman–Crippen LogP) is 4.46. The molecule has 1 aliphatic carbocycles. The average Bonchev–Trinajstić information content (AvgIpc) is 3.20. The fraction of sp³-hybridized carbons (Fsp3) is 0.292. The molecular weight excluding hydrogens is 416 g/mol. The Balaban J connectivity index is 0.00000218. The van der Waals surface area contributed by atoms with Gasteiger partial charge in [0.05, 0.1) is 4.90 Å². The van der Waals surface area contributed by atoms with Crippen LogP contribution in [0.3, 0.4) is 0 Å². The fourth-order valence-corrected chi connectivity index (χ4v) is 7.40. The van der Waals surface area contributed by atoms with Crippen molar-refractivity contribution >= 4 is 22.2 Å². The van der Waals surface area contributed by atoms with Gasteiger partial charge in [-0.15, -0.1) is 12.4 Å². The zero-order chi connectivity index (χ0) is 20.1. The summed E-state index contributed by atoms with van der Waals surface area (Å²) in [5.74, 6) is 0. The number of benzene rings is 2. The minimum Gasteiger partial charge on any atom is -0.312 e. The molecule has 156 valence electrons. The molecule has 0 radical (unpaired) electrons. The number of hydrogen-bond donors (Lipinski definition) is 1. The zero-order valence-corrected chi connectivity index (χ0v) is 18.5. The monoisotopic (exact) mass is 440 g/mol. The normalized spacial score (nSPS) is 22.6. The third kappa shape index (κ3) is 3.08. The number of pyridine rings is 1. The number of hydrogen-bond acceptors (Lipinski definition) is 4. The van der Waals surface area contributed by atoms with Gasteiger partial charge in [0.2, 0.25) is 0 Å². The second kappa shape index (κ2) is 7.80. The summed E-state index contributed by atoms with van der Waals surface area (Å²) in [6, 6.07) is 17.4. The maximum absolute atomic E-state index is 14.0. The van der Waals surface area contributed by atoms with Crippen LogP contribution in [0.5, 0.6) is 0 Å². The highest BCUT2D eigenvalue weighted by Crippen LogP contribution is 2.50. The molecule has 2 heterocycles. The molecule has 5 rings (SSSR count). The van der Waals surface area contributed by atoms with Crippen LogP contribution in [0.1, 0.15) is 29.5 Å². The molecule has 2 atom stereocenters. The van der Waals surface area contributed by atoms with Crippen molar-refractivity contribution in [1.82, 2.24) is 10.3 Å². The Bertz CT molecular complexity index is 1160. The van der Waals surface area contributed by atoms with Gasteiger partial charge >= 0.3 is 0 Å². The van der Waals surface area contributed by atoms with Crippen molar-refractivity contribution in [3.8, 4) is 11.1 Å². The standard InChI is InChI=1S/C24H24N2O2S.ClH/c1-17-4-8-21(9-5-17)29(27,28)24-12-14-26-23(24)11-7-19-15-18(6-10-22(19)24)20-3-2-13-25-16-20;/h2-6,8-10,13,15-16,23,26H,7,11-12,14H2,1H3;1H. The van der Waals surface area contributed by atoms with E-state index in [-0.39, 0.29) is 18.4 Å². The molecule has 2 unspecified atom stereocenters.